The van der Waals surface area contributed by atoms with Crippen molar-refractivity contribution in [1.29, 1.82) is 0 Å². The zero-order valence-corrected chi connectivity index (χ0v) is 73.3. The Morgan fingerprint density at radius 2 is 0.474 bits per heavy atom. The molecule has 0 radical (unpaired) electrons. The van der Waals surface area contributed by atoms with Crippen LogP contribution in [0.1, 0.15) is 48.5 Å². The quantitative estimate of drug-likeness (QED) is 0.0284. The molecule has 11 aliphatic rings. The van der Waals surface area contributed by atoms with Crippen LogP contribution in [-0.2, 0) is 123 Å². The lowest BCUT2D eigenvalue weighted by atomic mass is 9.93. The van der Waals surface area contributed by atoms with Crippen LogP contribution in [0.15, 0.2) is 0 Å². The van der Waals surface area contributed by atoms with Gasteiger partial charge in [-0.25, -0.2) is 0 Å². The molecule has 59 heteroatoms. The van der Waals surface area contributed by atoms with Crippen molar-refractivity contribution in [1.82, 2.24) is 26.6 Å². The number of ether oxygens (including phenoxy) is 21. The number of carbonyl (C=O) groups is 5. The summed E-state index contributed by atoms with van der Waals surface area (Å²) in [5.74, 6) is -4.91. The van der Waals surface area contributed by atoms with Gasteiger partial charge in [0, 0.05) is 34.6 Å². The molecule has 11 saturated heterocycles. The predicted octanol–water partition coefficient (Wildman–Crippen LogP) is -22.2. The van der Waals surface area contributed by atoms with E-state index in [1.165, 1.54) is 13.8 Å². The summed E-state index contributed by atoms with van der Waals surface area (Å²) in [6.07, 6.45) is -105. The van der Waals surface area contributed by atoms with Gasteiger partial charge >= 0.3 is 0 Å². The first-order chi connectivity index (χ1) is 63.8. The Hall–Kier alpha value is -4.61. The minimum atomic E-state index is -2.68. The van der Waals surface area contributed by atoms with E-state index in [1.807, 2.05) is 0 Å². The molecule has 59 nitrogen and oxygen atoms in total. The Morgan fingerprint density at radius 1 is 0.207 bits per heavy atom. The van der Waals surface area contributed by atoms with Gasteiger partial charge in [0.1, 0.15) is 256 Å². The van der Waals surface area contributed by atoms with Crippen LogP contribution >= 0.6 is 0 Å². The number of aliphatic hydroxyl groups is 28. The zero-order valence-electron chi connectivity index (χ0n) is 73.3. The lowest BCUT2D eigenvalue weighted by Gasteiger charge is -2.52. The normalized spacial score (nSPS) is 49.5. The summed E-state index contributed by atoms with van der Waals surface area (Å²) in [7, 11) is 0. The number of carbonyl (C=O) groups excluding carboxylic acids is 5. The van der Waals surface area contributed by atoms with Crippen molar-refractivity contribution >= 4 is 29.5 Å². The van der Waals surface area contributed by atoms with Crippen molar-refractivity contribution < 1.29 is 266 Å². The summed E-state index contributed by atoms with van der Waals surface area (Å²) < 4.78 is 127. The summed E-state index contributed by atoms with van der Waals surface area (Å²) in [5.41, 5.74) is 0. The van der Waals surface area contributed by atoms with Gasteiger partial charge in [-0.1, -0.05) is 0 Å². The van der Waals surface area contributed by atoms with Crippen molar-refractivity contribution in [3.63, 3.8) is 0 Å². The Kier molecular flexibility index (Phi) is 39.5. The second-order valence-corrected chi connectivity index (χ2v) is 34.5. The molecule has 33 N–H and O–H groups in total. The Bertz CT molecular complexity index is 3750. The number of hydrogen-bond acceptors (Lipinski definition) is 54. The lowest BCUT2D eigenvalue weighted by molar-refractivity contribution is -0.401. The second kappa shape index (κ2) is 48.2. The molecule has 780 valence electrons. The van der Waals surface area contributed by atoms with Crippen LogP contribution in [0.5, 0.6) is 0 Å². The maximum Gasteiger partial charge on any atom is 0.217 e. The van der Waals surface area contributed by atoms with Crippen molar-refractivity contribution in [3.05, 3.63) is 0 Å². The SMILES string of the molecule is CC(=O)N[C@H]1[C@H](OC[C@H]2OC(O)[C@H](NC(C)=O)[C@@H](O[C@@H]3O[C@H](CO[C@@H]4O[C@H](CO)[C@@H](O)[C@H](O[C@@H]5O[C@H](CO)[C@H](O)[C@H](O)[C@H]5O[C@@H]5O[C@@H](C)[C@@H](O)[C@@H](O)[C@@H]5O)[C@H]4NC(C)=O)[C@H](O)[C@H](O[C@@H]4O[C@H](CO)[C@@H](O)[C@H](O[C@@H]5O[C@H](CO)[C@H](O)[C@H](O[C@H]6O[C@H](CO)[C@H](O)[C@H](O)[C@H]6NC(C)=O)[C@H]5O[C@@H]5O[C@@H](C)[C@@H](O)[C@@H](O)[C@@H]5O)[C@H]4NC(C)=O)[C@H]3O)[C@H]2O)O[C@H](CO)[C@@H](O[C@@H]2O[C@H](CO)[C@H](O)[C@H](O)[C@H]2O)[C@@H]1O. The van der Waals surface area contributed by atoms with Crippen LogP contribution < -0.4 is 26.6 Å². The fourth-order valence-electron chi connectivity index (χ4n) is 17.6. The van der Waals surface area contributed by atoms with Gasteiger partial charge in [-0.15, -0.1) is 0 Å². The molecule has 0 saturated carbocycles. The third kappa shape index (κ3) is 24.7. The first kappa shape index (κ1) is 111. The van der Waals surface area contributed by atoms with E-state index in [-0.39, 0.29) is 0 Å². The van der Waals surface area contributed by atoms with Crippen molar-refractivity contribution in [2.75, 3.05) is 59.5 Å². The molecule has 135 heavy (non-hydrogen) atoms. The Labute approximate surface area is 765 Å². The van der Waals surface area contributed by atoms with Crippen LogP contribution in [0.2, 0.25) is 0 Å². The monoisotopic (exact) mass is 1970 g/mol. The molecule has 0 aliphatic carbocycles. The molecular weight excluding hydrogens is 1850 g/mol. The molecule has 11 aliphatic heterocycles. The zero-order chi connectivity index (χ0) is 99.4. The second-order valence-electron chi connectivity index (χ2n) is 34.5. The first-order valence-corrected chi connectivity index (χ1v) is 43.4. The highest BCUT2D eigenvalue weighted by Gasteiger charge is 2.63. The van der Waals surface area contributed by atoms with Gasteiger partial charge in [-0.2, -0.15) is 0 Å². The molecule has 11 fully saturated rings. The first-order valence-electron chi connectivity index (χ1n) is 43.4. The van der Waals surface area contributed by atoms with Gasteiger partial charge < -0.3 is 269 Å². The van der Waals surface area contributed by atoms with E-state index in [1.54, 1.807) is 0 Å². The fraction of sp³-hybridized carbons (Fsp3) is 0.934. The van der Waals surface area contributed by atoms with Gasteiger partial charge in [0.2, 0.25) is 29.5 Å². The van der Waals surface area contributed by atoms with Gasteiger partial charge in [0.05, 0.1) is 71.7 Å². The van der Waals surface area contributed by atoms with Crippen LogP contribution in [-0.4, -0.2) is 569 Å². The fourth-order valence-corrected chi connectivity index (χ4v) is 17.6. The summed E-state index contributed by atoms with van der Waals surface area (Å²) in [5, 5.41) is 328. The van der Waals surface area contributed by atoms with E-state index in [0.29, 0.717) is 0 Å². The third-order valence-electron chi connectivity index (χ3n) is 24.9. The van der Waals surface area contributed by atoms with E-state index in [4.69, 9.17) is 99.5 Å². The molecule has 0 aromatic heterocycles. The molecule has 1 unspecified atom stereocenters. The number of nitrogens with one attached hydrogen (secondary N) is 5. The van der Waals surface area contributed by atoms with E-state index in [2.05, 4.69) is 26.6 Å². The minimum absolute atomic E-state index is 0.863. The van der Waals surface area contributed by atoms with E-state index in [0.717, 1.165) is 34.6 Å². The highest BCUT2D eigenvalue weighted by Crippen LogP contribution is 2.42. The molecule has 0 aromatic carbocycles. The maximum absolute atomic E-state index is 13.8. The highest BCUT2D eigenvalue weighted by molar-refractivity contribution is 5.75. The number of hydrogen-bond donors (Lipinski definition) is 33. The third-order valence-corrected chi connectivity index (χ3v) is 24.9. The van der Waals surface area contributed by atoms with E-state index < -0.39 is 426 Å². The summed E-state index contributed by atoms with van der Waals surface area (Å²) in [6, 6.07) is -9.88. The summed E-state index contributed by atoms with van der Waals surface area (Å²) in [6.45, 7) is -3.10. The van der Waals surface area contributed by atoms with Crippen LogP contribution in [0, 0.1) is 0 Å². The average molecular weight is 1970 g/mol. The van der Waals surface area contributed by atoms with Crippen molar-refractivity contribution in [3.8, 4) is 0 Å². The topological polar surface area (TPSA) is 906 Å². The minimum Gasteiger partial charge on any atom is -0.394 e. The van der Waals surface area contributed by atoms with E-state index >= 15 is 0 Å². The highest BCUT2D eigenvalue weighted by atomic mass is 16.8. The largest absolute Gasteiger partial charge is 0.394 e. The predicted molar refractivity (Wildman–Crippen MR) is 417 cm³/mol. The molecule has 11 rings (SSSR count). The number of rotatable bonds is 34. The molecule has 0 aromatic rings. The number of amides is 5. The summed E-state index contributed by atoms with van der Waals surface area (Å²) >= 11 is 0. The molecular formula is C76H127N5O54. The Balaban J connectivity index is 0.958. The molecule has 0 bridgehead atoms. The van der Waals surface area contributed by atoms with Crippen molar-refractivity contribution in [2.45, 2.75) is 386 Å². The van der Waals surface area contributed by atoms with Gasteiger partial charge in [-0.05, 0) is 13.8 Å². The van der Waals surface area contributed by atoms with E-state index in [9.17, 15) is 167 Å². The molecule has 0 spiro atoms. The molecule has 11 heterocycles. The van der Waals surface area contributed by atoms with Crippen LogP contribution in [0.25, 0.3) is 0 Å². The van der Waals surface area contributed by atoms with Gasteiger partial charge in [0.15, 0.2) is 69.2 Å². The summed E-state index contributed by atoms with van der Waals surface area (Å²) in [4.78, 5) is 66.1. The standard InChI is InChI=1S/C76H127N5O54/c1-17-38(94)50(106)54(110)71(117-17)134-64-53(109)42(98)26(10-84)124-75(64)130-60-36(80-22(6)92)68(120-27(11-85)43(60)99)116-16-32-47(103)62(57(113)74(127-32)129-59-35(79-21(5)91)66(114)119-31(46(59)102)15-115-67-34(78-20(4)90)49(105)58(30(14-88)126-67)128-73-56(112)52(108)41(97)25(9-83)123-73)132-70-37(81-23(7)93)61(44(100)28(12-86)122-70)131-76-65(135-72-55(111)51(107)39(95)18(2)118-72)63(45(101)29(13-87)125-76)133-69-33(77-19(3)89)48(104)40(96)24(8-82)121-69/h17-18,24-76,82-88,94-114H,8-16H2,1-7H3,(H,77,89)(H,78,90)(H,79,91)(H,80,92)(H,81,93)/t17-,18-,24+,25+,26+,27+,28+,29+,30+,31+,32+,33+,34+,35+,36+,37+,38+,39+,40-,41-,42-,43+,44+,45-,46-,47-,48+,49+,50+,51+,52-,53-,54-,55-,56+,57+,58+,59+,60+,61+,62-,63-,64+,65+,66?,67+,68+,69+,70-,71-,72-,73-,74-,75-,76-/m0/s1. The molecule has 5 amide bonds. The van der Waals surface area contributed by atoms with Crippen LogP contribution in [0.4, 0.5) is 0 Å². The van der Waals surface area contributed by atoms with Crippen molar-refractivity contribution in [2.24, 2.45) is 0 Å². The lowest BCUT2D eigenvalue weighted by Crippen LogP contribution is -2.71. The van der Waals surface area contributed by atoms with Crippen LogP contribution in [0.3, 0.4) is 0 Å². The Morgan fingerprint density at radius 3 is 0.941 bits per heavy atom. The van der Waals surface area contributed by atoms with Gasteiger partial charge in [-0.3, -0.25) is 24.0 Å². The van der Waals surface area contributed by atoms with Gasteiger partial charge in [0.25, 0.3) is 0 Å². The smallest absolute Gasteiger partial charge is 0.217 e. The average Bonchev–Trinajstić information content (AvgIpc) is 0.755. The molecule has 55 atom stereocenters. The number of aliphatic hydroxyl groups excluding tert-OH is 28. The maximum atomic E-state index is 13.8.